The van der Waals surface area contributed by atoms with Gasteiger partial charge in [-0.25, -0.2) is 0 Å². The van der Waals surface area contributed by atoms with Crippen molar-refractivity contribution in [3.8, 4) is 0 Å². The van der Waals surface area contributed by atoms with Crippen LogP contribution in [0.1, 0.15) is 41.5 Å². The summed E-state index contributed by atoms with van der Waals surface area (Å²) in [6.07, 6.45) is 3.41. The van der Waals surface area contributed by atoms with Crippen molar-refractivity contribution >= 4 is 22.7 Å². The Labute approximate surface area is 231 Å². The van der Waals surface area contributed by atoms with E-state index in [4.69, 9.17) is 4.74 Å². The smallest absolute Gasteiger partial charge is 0.242 e. The summed E-state index contributed by atoms with van der Waals surface area (Å²) in [5, 5.41) is 1.17. The molecule has 0 saturated heterocycles. The topological polar surface area (TPSA) is 65.6 Å². The molecule has 39 heavy (non-hydrogen) atoms. The maximum Gasteiger partial charge on any atom is 0.242 e. The van der Waals surface area contributed by atoms with E-state index in [-0.39, 0.29) is 24.3 Å². The lowest BCUT2D eigenvalue weighted by molar-refractivity contribution is -0.142. The second-order valence-corrected chi connectivity index (χ2v) is 10.0. The third kappa shape index (κ3) is 7.36. The minimum absolute atomic E-state index is 0.0191. The Balaban J connectivity index is 1.54. The molecule has 1 heterocycles. The zero-order valence-corrected chi connectivity index (χ0v) is 23.2. The van der Waals surface area contributed by atoms with Gasteiger partial charge in [-0.3, -0.25) is 9.59 Å². The standard InChI is InChI=1S/C33H39N3O3/c1-4-29(27-10-6-5-7-11-27)33(38)36(20-21-39-3)24-32(37)35(23-26-16-14-25(2)15-17-26)19-18-28-22-34-31-13-9-8-12-30(28)31/h5-17,22,29,34H,4,18-21,23-24H2,1-3H3. The fourth-order valence-electron chi connectivity index (χ4n) is 4.99. The summed E-state index contributed by atoms with van der Waals surface area (Å²) < 4.78 is 5.31. The molecule has 3 aromatic carbocycles. The van der Waals surface area contributed by atoms with Crippen molar-refractivity contribution in [3.05, 3.63) is 107 Å². The Kier molecular flexibility index (Phi) is 9.92. The zero-order valence-electron chi connectivity index (χ0n) is 23.2. The first-order chi connectivity index (χ1) is 19.0. The maximum absolute atomic E-state index is 13.8. The molecule has 4 aromatic rings. The van der Waals surface area contributed by atoms with E-state index in [2.05, 4.69) is 48.3 Å². The van der Waals surface area contributed by atoms with Gasteiger partial charge in [0.1, 0.15) is 0 Å². The molecular formula is C33H39N3O3. The van der Waals surface area contributed by atoms with E-state index in [0.717, 1.165) is 23.1 Å². The number of hydrogen-bond acceptors (Lipinski definition) is 3. The summed E-state index contributed by atoms with van der Waals surface area (Å²) in [7, 11) is 1.61. The second-order valence-electron chi connectivity index (χ2n) is 10.0. The van der Waals surface area contributed by atoms with Crippen molar-refractivity contribution in [2.75, 3.05) is 33.4 Å². The molecule has 6 heteroatoms. The minimum Gasteiger partial charge on any atom is -0.383 e. The fraction of sp³-hybridized carbons (Fsp3) is 0.333. The Morgan fingerprint density at radius 3 is 2.33 bits per heavy atom. The van der Waals surface area contributed by atoms with E-state index in [9.17, 15) is 9.59 Å². The van der Waals surface area contributed by atoms with Crippen LogP contribution in [0.4, 0.5) is 0 Å². The number of aromatic nitrogens is 1. The molecule has 0 fully saturated rings. The molecule has 0 saturated carbocycles. The monoisotopic (exact) mass is 525 g/mol. The van der Waals surface area contributed by atoms with Gasteiger partial charge in [0.15, 0.2) is 0 Å². The molecule has 0 aliphatic heterocycles. The highest BCUT2D eigenvalue weighted by atomic mass is 16.5. The molecule has 0 radical (unpaired) electrons. The number of carbonyl (C=O) groups excluding carboxylic acids is 2. The number of hydrogen-bond donors (Lipinski definition) is 1. The number of nitrogens with zero attached hydrogens (tertiary/aromatic N) is 2. The zero-order chi connectivity index (χ0) is 27.6. The lowest BCUT2D eigenvalue weighted by Gasteiger charge is -2.30. The normalized spacial score (nSPS) is 11.9. The molecule has 4 rings (SSSR count). The summed E-state index contributed by atoms with van der Waals surface area (Å²) in [5.74, 6) is -0.406. The van der Waals surface area contributed by atoms with Gasteiger partial charge in [-0.15, -0.1) is 0 Å². The number of aryl methyl sites for hydroxylation is 1. The van der Waals surface area contributed by atoms with Crippen LogP contribution in [0.15, 0.2) is 85.1 Å². The molecule has 2 amide bonds. The molecular weight excluding hydrogens is 486 g/mol. The third-order valence-corrected chi connectivity index (χ3v) is 7.28. The first-order valence-electron chi connectivity index (χ1n) is 13.7. The first kappa shape index (κ1) is 28.1. The van der Waals surface area contributed by atoms with Crippen molar-refractivity contribution in [3.63, 3.8) is 0 Å². The van der Waals surface area contributed by atoms with E-state index in [1.54, 1.807) is 12.0 Å². The number of ether oxygens (including phenoxy) is 1. The third-order valence-electron chi connectivity index (χ3n) is 7.28. The van der Waals surface area contributed by atoms with Crippen LogP contribution in [0.2, 0.25) is 0 Å². The molecule has 1 aromatic heterocycles. The summed E-state index contributed by atoms with van der Waals surface area (Å²) >= 11 is 0. The van der Waals surface area contributed by atoms with Crippen molar-refractivity contribution in [1.29, 1.82) is 0 Å². The number of para-hydroxylation sites is 1. The van der Waals surface area contributed by atoms with Crippen LogP contribution < -0.4 is 0 Å². The van der Waals surface area contributed by atoms with Gasteiger partial charge >= 0.3 is 0 Å². The van der Waals surface area contributed by atoms with Gasteiger partial charge in [0.2, 0.25) is 11.8 Å². The van der Waals surface area contributed by atoms with E-state index < -0.39 is 0 Å². The van der Waals surface area contributed by atoms with Crippen LogP contribution in [-0.4, -0.2) is 59.9 Å². The largest absolute Gasteiger partial charge is 0.383 e. The lowest BCUT2D eigenvalue weighted by atomic mass is 9.95. The SMILES string of the molecule is CCC(C(=O)N(CCOC)CC(=O)N(CCc1c[nH]c2ccccc12)Cc1ccc(C)cc1)c1ccccc1. The highest BCUT2D eigenvalue weighted by Crippen LogP contribution is 2.23. The van der Waals surface area contributed by atoms with Gasteiger partial charge in [-0.05, 0) is 42.5 Å². The van der Waals surface area contributed by atoms with Crippen LogP contribution in [0.5, 0.6) is 0 Å². The van der Waals surface area contributed by atoms with Crippen molar-refractivity contribution < 1.29 is 14.3 Å². The van der Waals surface area contributed by atoms with Gasteiger partial charge in [-0.1, -0.05) is 85.3 Å². The Morgan fingerprint density at radius 2 is 1.62 bits per heavy atom. The summed E-state index contributed by atoms with van der Waals surface area (Å²) in [4.78, 5) is 34.4. The number of methoxy groups -OCH3 is 1. The highest BCUT2D eigenvalue weighted by molar-refractivity contribution is 5.89. The number of benzene rings is 3. The lowest BCUT2D eigenvalue weighted by Crippen LogP contribution is -2.46. The number of rotatable bonds is 13. The molecule has 0 aliphatic rings. The number of amides is 2. The molecule has 1 atom stereocenters. The molecule has 0 bridgehead atoms. The number of fused-ring (bicyclic) bond motifs is 1. The van der Waals surface area contributed by atoms with Gasteiger partial charge in [0, 0.05) is 43.8 Å². The van der Waals surface area contributed by atoms with Crippen LogP contribution in [0, 0.1) is 6.92 Å². The molecule has 1 N–H and O–H groups in total. The molecule has 6 nitrogen and oxygen atoms in total. The Bertz CT molecular complexity index is 1350. The first-order valence-corrected chi connectivity index (χ1v) is 13.7. The second kappa shape index (κ2) is 13.8. The predicted molar refractivity (Wildman–Crippen MR) is 157 cm³/mol. The van der Waals surface area contributed by atoms with E-state index in [1.807, 2.05) is 60.5 Å². The van der Waals surface area contributed by atoms with Crippen molar-refractivity contribution in [2.24, 2.45) is 0 Å². The number of H-pyrrole nitrogens is 1. The summed E-state index contributed by atoms with van der Waals surface area (Å²) in [6.45, 7) is 5.87. The van der Waals surface area contributed by atoms with E-state index in [1.165, 1.54) is 16.5 Å². The quantitative estimate of drug-likeness (QED) is 0.243. The number of aromatic amines is 1. The number of carbonyl (C=O) groups is 2. The predicted octanol–water partition coefficient (Wildman–Crippen LogP) is 5.72. The fourth-order valence-corrected chi connectivity index (χ4v) is 4.99. The maximum atomic E-state index is 13.8. The molecule has 0 aliphatic carbocycles. The van der Waals surface area contributed by atoms with Crippen LogP contribution in [0.25, 0.3) is 10.9 Å². The molecule has 0 spiro atoms. The summed E-state index contributed by atoms with van der Waals surface area (Å²) in [6, 6.07) is 26.3. The van der Waals surface area contributed by atoms with Gasteiger partial charge in [0.05, 0.1) is 19.1 Å². The number of nitrogens with one attached hydrogen (secondary N) is 1. The van der Waals surface area contributed by atoms with Crippen LogP contribution >= 0.6 is 0 Å². The van der Waals surface area contributed by atoms with Gasteiger partial charge < -0.3 is 19.5 Å². The van der Waals surface area contributed by atoms with Crippen LogP contribution in [-0.2, 0) is 27.3 Å². The average Bonchev–Trinajstić information content (AvgIpc) is 3.38. The minimum atomic E-state index is -0.298. The van der Waals surface area contributed by atoms with Crippen LogP contribution in [0.3, 0.4) is 0 Å². The average molecular weight is 526 g/mol. The Morgan fingerprint density at radius 1 is 0.897 bits per heavy atom. The Hall–Kier alpha value is -3.90. The molecule has 204 valence electrons. The highest BCUT2D eigenvalue weighted by Gasteiger charge is 2.27. The molecule has 1 unspecified atom stereocenters. The van der Waals surface area contributed by atoms with Gasteiger partial charge in [-0.2, -0.15) is 0 Å². The van der Waals surface area contributed by atoms with Crippen molar-refractivity contribution in [1.82, 2.24) is 14.8 Å². The van der Waals surface area contributed by atoms with Crippen molar-refractivity contribution in [2.45, 2.75) is 39.2 Å². The van der Waals surface area contributed by atoms with E-state index >= 15 is 0 Å². The van der Waals surface area contributed by atoms with Gasteiger partial charge in [0.25, 0.3) is 0 Å². The van der Waals surface area contributed by atoms with E-state index in [0.29, 0.717) is 32.7 Å². The summed E-state index contributed by atoms with van der Waals surface area (Å²) in [5.41, 5.74) is 5.48.